The number of thiol groups is 1. The highest BCUT2D eigenvalue weighted by atomic mass is 32.2. The molecule has 3 aromatic rings. The van der Waals surface area contributed by atoms with Crippen LogP contribution in [0.3, 0.4) is 0 Å². The molecular weight excluding hydrogens is 502 g/mol. The fraction of sp³-hybridized carbons (Fsp3) is 0.300. The van der Waals surface area contributed by atoms with Crippen LogP contribution in [0.1, 0.15) is 72.1 Å². The first-order valence-corrected chi connectivity index (χ1v) is 14.1. The summed E-state index contributed by atoms with van der Waals surface area (Å²) in [6, 6.07) is 17.8. The van der Waals surface area contributed by atoms with Gasteiger partial charge in [0.15, 0.2) is 11.5 Å². The van der Waals surface area contributed by atoms with Crippen molar-refractivity contribution in [2.75, 3.05) is 13.2 Å². The minimum atomic E-state index is -0.910. The zero-order valence-corrected chi connectivity index (χ0v) is 23.3. The van der Waals surface area contributed by atoms with Crippen molar-refractivity contribution in [2.24, 2.45) is 0 Å². The number of amides is 1. The smallest absolute Gasteiger partial charge is 0.252 e. The van der Waals surface area contributed by atoms with Crippen LogP contribution in [0.4, 0.5) is 0 Å². The minimum Gasteiger partial charge on any atom is -0.486 e. The summed E-state index contributed by atoms with van der Waals surface area (Å²) in [4.78, 5) is 13.3. The molecule has 1 atom stereocenters. The Kier molecular flexibility index (Phi) is 8.77. The lowest BCUT2D eigenvalue weighted by Crippen LogP contribution is -2.15. The summed E-state index contributed by atoms with van der Waals surface area (Å²) in [5.41, 5.74) is 5.52. The summed E-state index contributed by atoms with van der Waals surface area (Å²) >= 11 is 4.23. The first-order chi connectivity index (χ1) is 17.8. The van der Waals surface area contributed by atoms with Crippen molar-refractivity contribution in [1.82, 2.24) is 5.32 Å². The van der Waals surface area contributed by atoms with Gasteiger partial charge in [-0.05, 0) is 52.3 Å². The van der Waals surface area contributed by atoms with Gasteiger partial charge in [0, 0.05) is 17.5 Å². The molecule has 3 heterocycles. The molecule has 3 aliphatic heterocycles. The SMILES string of the molecule is CC(C)c1cccc2c1C(=O)NC2.CC(C)c1cccc2c1S(=O)C=C2.Sc1cccc2c1OCCO2. The molecule has 37 heavy (non-hydrogen) atoms. The van der Waals surface area contributed by atoms with Crippen LogP contribution >= 0.6 is 12.6 Å². The Morgan fingerprint density at radius 2 is 1.57 bits per heavy atom. The van der Waals surface area contributed by atoms with E-state index < -0.39 is 10.8 Å². The largest absolute Gasteiger partial charge is 0.486 e. The van der Waals surface area contributed by atoms with Crippen molar-refractivity contribution in [3.05, 3.63) is 87.8 Å². The van der Waals surface area contributed by atoms with E-state index in [1.54, 1.807) is 5.41 Å². The van der Waals surface area contributed by atoms with Gasteiger partial charge in [0.2, 0.25) is 0 Å². The van der Waals surface area contributed by atoms with Crippen LogP contribution in [0.15, 0.2) is 69.8 Å². The molecule has 0 aliphatic carbocycles. The quantitative estimate of drug-likeness (QED) is 0.358. The molecule has 0 aromatic heterocycles. The highest BCUT2D eigenvalue weighted by Gasteiger charge is 2.22. The third-order valence-electron chi connectivity index (χ3n) is 6.29. The predicted molar refractivity (Wildman–Crippen MR) is 152 cm³/mol. The number of ether oxygens (including phenoxy) is 2. The van der Waals surface area contributed by atoms with E-state index in [-0.39, 0.29) is 5.91 Å². The molecule has 3 aliphatic rings. The average Bonchev–Trinajstić information content (AvgIpc) is 3.47. The molecule has 0 saturated heterocycles. The number of fused-ring (bicyclic) bond motifs is 3. The van der Waals surface area contributed by atoms with Gasteiger partial charge in [-0.25, -0.2) is 4.21 Å². The molecule has 1 unspecified atom stereocenters. The fourth-order valence-electron chi connectivity index (χ4n) is 4.44. The van der Waals surface area contributed by atoms with Crippen molar-refractivity contribution in [1.29, 1.82) is 0 Å². The molecule has 1 amide bonds. The first kappa shape index (κ1) is 27.0. The number of rotatable bonds is 2. The second kappa shape index (κ2) is 12.0. The number of carbonyl (C=O) groups excluding carboxylic acids is 1. The van der Waals surface area contributed by atoms with E-state index in [0.29, 0.717) is 31.6 Å². The number of hydrogen-bond acceptors (Lipinski definition) is 5. The van der Waals surface area contributed by atoms with Gasteiger partial charge in [-0.2, -0.15) is 0 Å². The van der Waals surface area contributed by atoms with E-state index in [0.717, 1.165) is 43.5 Å². The lowest BCUT2D eigenvalue weighted by Gasteiger charge is -2.18. The van der Waals surface area contributed by atoms with E-state index in [1.165, 1.54) is 5.56 Å². The zero-order chi connectivity index (χ0) is 26.5. The monoisotopic (exact) mass is 535 g/mol. The molecule has 0 fully saturated rings. The molecule has 7 heteroatoms. The maximum atomic E-state index is 11.6. The van der Waals surface area contributed by atoms with Gasteiger partial charge in [0.05, 0.1) is 20.6 Å². The third kappa shape index (κ3) is 6.11. The number of hydrogen-bond donors (Lipinski definition) is 2. The van der Waals surface area contributed by atoms with Gasteiger partial charge in [-0.1, -0.05) is 70.2 Å². The molecule has 1 N–H and O–H groups in total. The van der Waals surface area contributed by atoms with Crippen LogP contribution in [0.5, 0.6) is 11.5 Å². The Bertz CT molecular complexity index is 1330. The van der Waals surface area contributed by atoms with E-state index in [4.69, 9.17) is 9.47 Å². The summed E-state index contributed by atoms with van der Waals surface area (Å²) in [6.45, 7) is 10.4. The summed E-state index contributed by atoms with van der Waals surface area (Å²) in [5, 5.41) is 4.60. The maximum absolute atomic E-state index is 11.6. The first-order valence-electron chi connectivity index (χ1n) is 12.5. The Labute approximate surface area is 227 Å². The fourth-order valence-corrected chi connectivity index (χ4v) is 6.01. The highest BCUT2D eigenvalue weighted by Crippen LogP contribution is 2.35. The summed E-state index contributed by atoms with van der Waals surface area (Å²) in [7, 11) is -0.910. The van der Waals surface area contributed by atoms with E-state index in [9.17, 15) is 9.00 Å². The topological polar surface area (TPSA) is 64.6 Å². The molecule has 0 bridgehead atoms. The zero-order valence-electron chi connectivity index (χ0n) is 21.6. The number of carbonyl (C=O) groups is 1. The molecule has 194 valence electrons. The second-order valence-corrected chi connectivity index (χ2v) is 11.3. The molecule has 0 spiro atoms. The van der Waals surface area contributed by atoms with E-state index in [2.05, 4.69) is 51.7 Å². The minimum absolute atomic E-state index is 0.0827. The molecule has 3 aromatic carbocycles. The second-order valence-electron chi connectivity index (χ2n) is 9.54. The maximum Gasteiger partial charge on any atom is 0.252 e. The summed E-state index contributed by atoms with van der Waals surface area (Å²) in [5.74, 6) is 2.50. The Morgan fingerprint density at radius 1 is 0.892 bits per heavy atom. The van der Waals surface area contributed by atoms with Crippen molar-refractivity contribution >= 4 is 35.4 Å². The van der Waals surface area contributed by atoms with Gasteiger partial charge in [-0.15, -0.1) is 12.6 Å². The number of para-hydroxylation sites is 1. The average molecular weight is 536 g/mol. The van der Waals surface area contributed by atoms with Gasteiger partial charge in [0.25, 0.3) is 5.91 Å². The van der Waals surface area contributed by atoms with Crippen molar-refractivity contribution in [3.8, 4) is 11.5 Å². The molecular formula is C30H33NO4S2. The Balaban J connectivity index is 0.000000130. The van der Waals surface area contributed by atoms with Crippen LogP contribution in [-0.2, 0) is 17.3 Å². The van der Waals surface area contributed by atoms with Crippen molar-refractivity contribution in [3.63, 3.8) is 0 Å². The number of nitrogens with one attached hydrogen (secondary N) is 1. The van der Waals surface area contributed by atoms with E-state index >= 15 is 0 Å². The van der Waals surface area contributed by atoms with Crippen molar-refractivity contribution in [2.45, 2.75) is 55.9 Å². The molecule has 0 saturated carbocycles. The normalized spacial score (nSPS) is 16.3. The van der Waals surface area contributed by atoms with Crippen LogP contribution in [-0.4, -0.2) is 23.3 Å². The lowest BCUT2D eigenvalue weighted by atomic mass is 9.95. The molecule has 5 nitrogen and oxygen atoms in total. The summed E-state index contributed by atoms with van der Waals surface area (Å²) in [6.07, 6.45) is 1.94. The van der Waals surface area contributed by atoms with Crippen LogP contribution in [0.2, 0.25) is 0 Å². The lowest BCUT2D eigenvalue weighted by molar-refractivity contribution is 0.0964. The van der Waals surface area contributed by atoms with E-state index in [1.807, 2.05) is 54.6 Å². The standard InChI is InChI=1S/C11H13NO.C11H12OS.C8H8O2S/c1-7(2)9-5-3-4-8-6-12-11(13)10(8)9;1-8(2)10-5-3-4-9-6-7-13(12)11(9)10;11-7-3-1-2-6-8(7)10-5-4-9-6/h3-5,7H,6H2,1-2H3,(H,12,13);3-8H,1-2H3;1-3,11H,4-5H2. The third-order valence-corrected chi connectivity index (χ3v) is 7.90. The highest BCUT2D eigenvalue weighted by molar-refractivity contribution is 7.88. The van der Waals surface area contributed by atoms with Crippen LogP contribution in [0.25, 0.3) is 6.08 Å². The van der Waals surface area contributed by atoms with Crippen LogP contribution < -0.4 is 14.8 Å². The van der Waals surface area contributed by atoms with Crippen LogP contribution in [0, 0.1) is 0 Å². The van der Waals surface area contributed by atoms with Gasteiger partial charge in [0.1, 0.15) is 13.2 Å². The summed E-state index contributed by atoms with van der Waals surface area (Å²) < 4.78 is 22.3. The van der Waals surface area contributed by atoms with Gasteiger partial charge in [-0.3, -0.25) is 4.79 Å². The van der Waals surface area contributed by atoms with Crippen molar-refractivity contribution < 1.29 is 18.5 Å². The molecule has 6 rings (SSSR count). The Hall–Kier alpha value is -3.03. The van der Waals surface area contributed by atoms with Gasteiger partial charge >= 0.3 is 0 Å². The van der Waals surface area contributed by atoms with Gasteiger partial charge < -0.3 is 14.8 Å². The Morgan fingerprint density at radius 3 is 2.30 bits per heavy atom. The number of benzene rings is 3. The predicted octanol–water partition coefficient (Wildman–Crippen LogP) is 6.70. The molecule has 0 radical (unpaired) electrons.